The van der Waals surface area contributed by atoms with E-state index in [0.29, 0.717) is 0 Å². The van der Waals surface area contributed by atoms with E-state index in [0.717, 1.165) is 12.8 Å². The topological polar surface area (TPSA) is 104 Å². The minimum absolute atomic E-state index is 0.00868. The van der Waals surface area contributed by atoms with Crippen LogP contribution in [0.25, 0.3) is 0 Å². The van der Waals surface area contributed by atoms with Gasteiger partial charge < -0.3 is 20.1 Å². The Morgan fingerprint density at radius 2 is 2.33 bits per heavy atom. The molecule has 1 aliphatic carbocycles. The Hall–Kier alpha value is -2.05. The van der Waals surface area contributed by atoms with Crippen molar-refractivity contribution >= 4 is 11.8 Å². The largest absolute Gasteiger partial charge is 0.489 e. The molecule has 18 heavy (non-hydrogen) atoms. The number of hydrogen-bond donors (Lipinski definition) is 3. The molecule has 98 valence electrons. The average molecular weight is 253 g/mol. The van der Waals surface area contributed by atoms with Crippen molar-refractivity contribution in [3.63, 3.8) is 0 Å². The molecule has 7 nitrogen and oxygen atoms in total. The number of methoxy groups -OCH3 is 1. The number of nitrogens with one attached hydrogen (secondary N) is 2. The third kappa shape index (κ3) is 2.03. The number of ether oxygens (including phenoxy) is 1. The van der Waals surface area contributed by atoms with Gasteiger partial charge in [-0.15, -0.1) is 0 Å². The Morgan fingerprint density at radius 3 is 2.83 bits per heavy atom. The number of carboxylic acids is 1. The van der Waals surface area contributed by atoms with Crippen molar-refractivity contribution < 1.29 is 14.6 Å². The minimum Gasteiger partial charge on any atom is -0.489 e. The van der Waals surface area contributed by atoms with Gasteiger partial charge in [0.2, 0.25) is 5.75 Å². The first-order chi connectivity index (χ1) is 8.49. The summed E-state index contributed by atoms with van der Waals surface area (Å²) in [6.07, 6.45) is 2.91. The summed E-state index contributed by atoms with van der Waals surface area (Å²) in [6, 6.07) is 0. The molecule has 0 amide bonds. The van der Waals surface area contributed by atoms with Crippen molar-refractivity contribution in [2.24, 2.45) is 5.92 Å². The lowest BCUT2D eigenvalue weighted by atomic mass is 9.96. The van der Waals surface area contributed by atoms with E-state index in [2.05, 4.69) is 15.3 Å². The first-order valence-corrected chi connectivity index (χ1v) is 5.62. The maximum Gasteiger partial charge on any atom is 0.329 e. The van der Waals surface area contributed by atoms with Gasteiger partial charge in [0.1, 0.15) is 5.54 Å². The maximum atomic E-state index is 11.5. The Labute approximate surface area is 103 Å². The van der Waals surface area contributed by atoms with Crippen LogP contribution in [0.1, 0.15) is 19.8 Å². The number of nitrogens with zero attached hydrogens (tertiary/aromatic N) is 1. The first-order valence-electron chi connectivity index (χ1n) is 5.62. The zero-order valence-electron chi connectivity index (χ0n) is 10.2. The summed E-state index contributed by atoms with van der Waals surface area (Å²) in [5.74, 6) is -0.779. The van der Waals surface area contributed by atoms with Crippen LogP contribution in [0.4, 0.5) is 5.82 Å². The summed E-state index contributed by atoms with van der Waals surface area (Å²) in [5, 5.41) is 12.1. The van der Waals surface area contributed by atoms with Gasteiger partial charge in [0.15, 0.2) is 5.82 Å². The highest BCUT2D eigenvalue weighted by atomic mass is 16.5. The number of hydrogen-bond acceptors (Lipinski definition) is 5. The van der Waals surface area contributed by atoms with E-state index in [9.17, 15) is 14.7 Å². The molecular formula is C11H15N3O4. The highest BCUT2D eigenvalue weighted by Gasteiger charge is 2.48. The van der Waals surface area contributed by atoms with Gasteiger partial charge in [0.25, 0.3) is 5.56 Å². The molecule has 1 aromatic heterocycles. The molecule has 7 heteroatoms. The standard InChI is InChI=1S/C11H15N3O4/c1-11(10(16)17,6-3-4-6)14-8-7(18-2)9(15)13-5-12-8/h5-6H,3-4H2,1-2H3,(H,16,17)(H2,12,13,14,15). The Bertz CT molecular complexity index is 523. The molecule has 0 aliphatic heterocycles. The van der Waals surface area contributed by atoms with Crippen LogP contribution in [-0.2, 0) is 4.79 Å². The molecule has 0 spiro atoms. The lowest BCUT2D eigenvalue weighted by Gasteiger charge is -2.27. The number of rotatable bonds is 5. The van der Waals surface area contributed by atoms with Gasteiger partial charge >= 0.3 is 5.97 Å². The van der Waals surface area contributed by atoms with E-state index in [1.165, 1.54) is 13.4 Å². The summed E-state index contributed by atoms with van der Waals surface area (Å²) < 4.78 is 4.94. The molecule has 0 saturated heterocycles. The summed E-state index contributed by atoms with van der Waals surface area (Å²) in [4.78, 5) is 29.2. The van der Waals surface area contributed by atoms with Crippen LogP contribution < -0.4 is 15.6 Å². The van der Waals surface area contributed by atoms with E-state index in [1.807, 2.05) is 0 Å². The number of carbonyl (C=O) groups is 1. The lowest BCUT2D eigenvalue weighted by Crippen LogP contribution is -2.46. The second kappa shape index (κ2) is 4.32. The second-order valence-electron chi connectivity index (χ2n) is 4.52. The third-order valence-corrected chi connectivity index (χ3v) is 3.23. The molecule has 1 atom stereocenters. The molecule has 1 fully saturated rings. The average Bonchev–Trinajstić information content (AvgIpc) is 3.13. The highest BCUT2D eigenvalue weighted by molar-refractivity contribution is 5.83. The molecule has 3 N–H and O–H groups in total. The molecule has 1 heterocycles. The molecular weight excluding hydrogens is 238 g/mol. The molecule has 2 rings (SSSR count). The fourth-order valence-electron chi connectivity index (χ4n) is 1.90. The fraction of sp³-hybridized carbons (Fsp3) is 0.545. The predicted molar refractivity (Wildman–Crippen MR) is 63.8 cm³/mol. The molecule has 1 aromatic rings. The van der Waals surface area contributed by atoms with Crippen molar-refractivity contribution in [2.75, 3.05) is 12.4 Å². The summed E-state index contributed by atoms with van der Waals surface area (Å²) in [5.41, 5.74) is -1.58. The molecule has 0 bridgehead atoms. The number of aromatic amines is 1. The Kier molecular flexibility index (Phi) is 2.98. The van der Waals surface area contributed by atoms with Crippen LogP contribution in [0.3, 0.4) is 0 Å². The van der Waals surface area contributed by atoms with E-state index in [4.69, 9.17) is 4.74 Å². The van der Waals surface area contributed by atoms with Crippen LogP contribution >= 0.6 is 0 Å². The van der Waals surface area contributed by atoms with E-state index >= 15 is 0 Å². The number of carboxylic acid groups (broad SMARTS) is 1. The maximum absolute atomic E-state index is 11.5. The highest BCUT2D eigenvalue weighted by Crippen LogP contribution is 2.42. The van der Waals surface area contributed by atoms with Gasteiger partial charge in [-0.2, -0.15) is 0 Å². The molecule has 1 unspecified atom stereocenters. The zero-order chi connectivity index (χ0) is 13.3. The van der Waals surface area contributed by atoms with Gasteiger partial charge in [-0.05, 0) is 25.7 Å². The van der Waals surface area contributed by atoms with E-state index < -0.39 is 17.1 Å². The summed E-state index contributed by atoms with van der Waals surface area (Å²) in [6.45, 7) is 1.59. The van der Waals surface area contributed by atoms with E-state index in [-0.39, 0.29) is 17.5 Å². The number of anilines is 1. The molecule has 0 aromatic carbocycles. The van der Waals surface area contributed by atoms with Gasteiger partial charge in [-0.1, -0.05) is 0 Å². The van der Waals surface area contributed by atoms with Crippen molar-refractivity contribution in [3.05, 3.63) is 16.7 Å². The van der Waals surface area contributed by atoms with E-state index in [1.54, 1.807) is 6.92 Å². The monoisotopic (exact) mass is 253 g/mol. The van der Waals surface area contributed by atoms with Crippen molar-refractivity contribution in [1.82, 2.24) is 9.97 Å². The normalized spacial score (nSPS) is 17.9. The number of H-pyrrole nitrogens is 1. The van der Waals surface area contributed by atoms with Gasteiger partial charge in [-0.25, -0.2) is 9.78 Å². The molecule has 1 aliphatic rings. The first kappa shape index (κ1) is 12.4. The van der Waals surface area contributed by atoms with Crippen LogP contribution in [0.2, 0.25) is 0 Å². The fourth-order valence-corrected chi connectivity index (χ4v) is 1.90. The minimum atomic E-state index is -1.13. The van der Waals surface area contributed by atoms with Crippen molar-refractivity contribution in [1.29, 1.82) is 0 Å². The number of aliphatic carboxylic acids is 1. The predicted octanol–water partition coefficient (Wildman–Crippen LogP) is 0.444. The van der Waals surface area contributed by atoms with Crippen LogP contribution in [0.15, 0.2) is 11.1 Å². The second-order valence-corrected chi connectivity index (χ2v) is 4.52. The Morgan fingerprint density at radius 1 is 1.67 bits per heavy atom. The molecule has 1 saturated carbocycles. The zero-order valence-corrected chi connectivity index (χ0v) is 10.2. The van der Waals surface area contributed by atoms with Gasteiger partial charge in [-0.3, -0.25) is 4.79 Å². The lowest BCUT2D eigenvalue weighted by molar-refractivity contribution is -0.142. The van der Waals surface area contributed by atoms with Crippen LogP contribution in [-0.4, -0.2) is 33.7 Å². The van der Waals surface area contributed by atoms with Crippen LogP contribution in [0, 0.1) is 5.92 Å². The van der Waals surface area contributed by atoms with Gasteiger partial charge in [0, 0.05) is 0 Å². The molecule has 0 radical (unpaired) electrons. The van der Waals surface area contributed by atoms with Crippen molar-refractivity contribution in [2.45, 2.75) is 25.3 Å². The Balaban J connectivity index is 2.35. The third-order valence-electron chi connectivity index (χ3n) is 3.23. The SMILES string of the molecule is COc1c(NC(C)(C(=O)O)C2CC2)nc[nH]c1=O. The van der Waals surface area contributed by atoms with Crippen molar-refractivity contribution in [3.8, 4) is 5.75 Å². The van der Waals surface area contributed by atoms with Crippen LogP contribution in [0.5, 0.6) is 5.75 Å². The number of aromatic nitrogens is 2. The van der Waals surface area contributed by atoms with Gasteiger partial charge in [0.05, 0.1) is 13.4 Å². The summed E-state index contributed by atoms with van der Waals surface area (Å²) in [7, 11) is 1.34. The summed E-state index contributed by atoms with van der Waals surface area (Å²) >= 11 is 0. The quantitative estimate of drug-likeness (QED) is 0.703. The smallest absolute Gasteiger partial charge is 0.329 e.